The molecule has 2 amide bonds. The first-order chi connectivity index (χ1) is 9.49. The molecule has 5 nitrogen and oxygen atoms in total. The Morgan fingerprint density at radius 3 is 2.50 bits per heavy atom. The third-order valence-electron chi connectivity index (χ3n) is 3.60. The molecule has 1 aromatic rings. The number of amides is 2. The fraction of sp³-hybridized carbons (Fsp3) is 0.643. The first-order valence-corrected chi connectivity index (χ1v) is 7.80. The highest BCUT2D eigenvalue weighted by Gasteiger charge is 2.23. The summed E-state index contributed by atoms with van der Waals surface area (Å²) in [6.45, 7) is 1.80. The van der Waals surface area contributed by atoms with Gasteiger partial charge in [-0.15, -0.1) is 0 Å². The highest BCUT2D eigenvalue weighted by atomic mass is 32.1. The van der Waals surface area contributed by atoms with Gasteiger partial charge < -0.3 is 10.2 Å². The molecule has 1 aliphatic rings. The van der Waals surface area contributed by atoms with Crippen LogP contribution in [0.25, 0.3) is 0 Å². The molecule has 1 aliphatic carbocycles. The van der Waals surface area contributed by atoms with Crippen LogP contribution in [0.2, 0.25) is 0 Å². The summed E-state index contributed by atoms with van der Waals surface area (Å²) < 4.78 is 0. The van der Waals surface area contributed by atoms with Crippen LogP contribution in [0.15, 0.2) is 0 Å². The molecule has 20 heavy (non-hydrogen) atoms. The van der Waals surface area contributed by atoms with Crippen molar-refractivity contribution in [3.05, 3.63) is 10.6 Å². The highest BCUT2D eigenvalue weighted by Crippen LogP contribution is 2.27. The molecular weight excluding hydrogens is 274 g/mol. The van der Waals surface area contributed by atoms with Crippen molar-refractivity contribution in [2.75, 3.05) is 19.4 Å². The van der Waals surface area contributed by atoms with Crippen LogP contribution in [0.5, 0.6) is 0 Å². The monoisotopic (exact) mass is 295 g/mol. The number of aromatic nitrogens is 1. The van der Waals surface area contributed by atoms with Crippen molar-refractivity contribution in [2.24, 2.45) is 5.92 Å². The van der Waals surface area contributed by atoms with Crippen molar-refractivity contribution >= 4 is 28.3 Å². The lowest BCUT2D eigenvalue weighted by atomic mass is 9.89. The summed E-state index contributed by atoms with van der Waals surface area (Å²) in [5.41, 5.74) is 0.674. The van der Waals surface area contributed by atoms with Crippen molar-refractivity contribution in [2.45, 2.75) is 39.0 Å². The maximum absolute atomic E-state index is 12.2. The topological polar surface area (TPSA) is 62.3 Å². The van der Waals surface area contributed by atoms with Gasteiger partial charge in [-0.3, -0.25) is 9.59 Å². The number of carbonyl (C=O) groups excluding carboxylic acids is 2. The van der Waals surface area contributed by atoms with Gasteiger partial charge >= 0.3 is 0 Å². The summed E-state index contributed by atoms with van der Waals surface area (Å²) >= 11 is 1.25. The van der Waals surface area contributed by atoms with Crippen molar-refractivity contribution in [1.82, 2.24) is 9.88 Å². The van der Waals surface area contributed by atoms with Gasteiger partial charge in [0.05, 0.1) is 5.69 Å². The Hall–Kier alpha value is -1.43. The third-order valence-corrected chi connectivity index (χ3v) is 4.66. The van der Waals surface area contributed by atoms with E-state index in [4.69, 9.17) is 0 Å². The predicted molar refractivity (Wildman–Crippen MR) is 80.1 cm³/mol. The maximum atomic E-state index is 12.2. The standard InChI is InChI=1S/C14H21N3O2S/c1-9-11(13(19)17(2)3)20-14(15-9)16-12(18)10-7-5-4-6-8-10/h10H,4-8H2,1-3H3,(H,15,16,18). The van der Waals surface area contributed by atoms with E-state index in [2.05, 4.69) is 10.3 Å². The minimum absolute atomic E-state index is 0.0438. The van der Waals surface area contributed by atoms with Crippen molar-refractivity contribution in [1.29, 1.82) is 0 Å². The molecule has 0 atom stereocenters. The smallest absolute Gasteiger partial charge is 0.265 e. The van der Waals surface area contributed by atoms with Crippen LogP contribution in [0.4, 0.5) is 5.13 Å². The largest absolute Gasteiger partial charge is 0.344 e. The number of anilines is 1. The summed E-state index contributed by atoms with van der Waals surface area (Å²) in [4.78, 5) is 30.5. The van der Waals surface area contributed by atoms with Crippen molar-refractivity contribution in [3.63, 3.8) is 0 Å². The Labute approximate surface area is 123 Å². The SMILES string of the molecule is Cc1nc(NC(=O)C2CCCCC2)sc1C(=O)N(C)C. The van der Waals surface area contributed by atoms with Crippen molar-refractivity contribution < 1.29 is 9.59 Å². The second-order valence-electron chi connectivity index (χ2n) is 5.46. The number of nitrogens with one attached hydrogen (secondary N) is 1. The summed E-state index contributed by atoms with van der Waals surface area (Å²) in [5.74, 6) is 0.0708. The number of nitrogens with zero attached hydrogens (tertiary/aromatic N) is 2. The Bertz CT molecular complexity index is 505. The predicted octanol–water partition coefficient (Wildman–Crippen LogP) is 2.67. The number of carbonyl (C=O) groups is 2. The molecule has 0 bridgehead atoms. The minimum atomic E-state index is -0.0711. The lowest BCUT2D eigenvalue weighted by molar-refractivity contribution is -0.120. The average molecular weight is 295 g/mol. The molecule has 1 N–H and O–H groups in total. The van der Waals surface area contributed by atoms with Crippen LogP contribution >= 0.6 is 11.3 Å². The first-order valence-electron chi connectivity index (χ1n) is 6.99. The van der Waals surface area contributed by atoms with Gasteiger partial charge in [-0.2, -0.15) is 0 Å². The average Bonchev–Trinajstić information content (AvgIpc) is 2.79. The molecule has 2 rings (SSSR count). The van der Waals surface area contributed by atoms with Gasteiger partial charge in [0.2, 0.25) is 5.91 Å². The third kappa shape index (κ3) is 3.36. The van der Waals surface area contributed by atoms with Crippen LogP contribution < -0.4 is 5.32 Å². The van der Waals surface area contributed by atoms with Crippen LogP contribution in [0.1, 0.15) is 47.5 Å². The van der Waals surface area contributed by atoms with Crippen LogP contribution in [-0.2, 0) is 4.79 Å². The molecule has 6 heteroatoms. The highest BCUT2D eigenvalue weighted by molar-refractivity contribution is 7.17. The molecule has 0 aromatic carbocycles. The molecule has 1 saturated carbocycles. The van der Waals surface area contributed by atoms with Gasteiger partial charge in [0, 0.05) is 20.0 Å². The number of hydrogen-bond donors (Lipinski definition) is 1. The van der Waals surface area contributed by atoms with Gasteiger partial charge in [0.25, 0.3) is 5.91 Å². The molecule has 1 fully saturated rings. The Morgan fingerprint density at radius 1 is 1.25 bits per heavy atom. The van der Waals surface area contributed by atoms with E-state index in [9.17, 15) is 9.59 Å². The minimum Gasteiger partial charge on any atom is -0.344 e. The first kappa shape index (κ1) is 15.0. The number of rotatable bonds is 3. The second kappa shape index (κ2) is 6.35. The van der Waals surface area contributed by atoms with Gasteiger partial charge in [0.1, 0.15) is 4.88 Å². The van der Waals surface area contributed by atoms with Gasteiger partial charge in [-0.25, -0.2) is 4.98 Å². The van der Waals surface area contributed by atoms with Crippen LogP contribution in [0, 0.1) is 12.8 Å². The number of hydrogen-bond acceptors (Lipinski definition) is 4. The molecule has 1 aromatic heterocycles. The summed E-state index contributed by atoms with van der Waals surface area (Å²) in [5, 5.41) is 3.40. The fourth-order valence-corrected chi connectivity index (χ4v) is 3.41. The van der Waals surface area contributed by atoms with E-state index in [-0.39, 0.29) is 17.7 Å². The number of aryl methyl sites for hydroxylation is 1. The lowest BCUT2D eigenvalue weighted by Crippen LogP contribution is -2.24. The van der Waals surface area contributed by atoms with E-state index >= 15 is 0 Å². The summed E-state index contributed by atoms with van der Waals surface area (Å²) in [6.07, 6.45) is 5.39. The van der Waals surface area contributed by atoms with Crippen LogP contribution in [0.3, 0.4) is 0 Å². The van der Waals surface area contributed by atoms with E-state index < -0.39 is 0 Å². The molecule has 0 unspecified atom stereocenters. The summed E-state index contributed by atoms with van der Waals surface area (Å²) in [7, 11) is 3.42. The normalized spacial score (nSPS) is 15.9. The second-order valence-corrected chi connectivity index (χ2v) is 6.46. The molecule has 0 spiro atoms. The van der Waals surface area contributed by atoms with Gasteiger partial charge in [-0.1, -0.05) is 30.6 Å². The van der Waals surface area contributed by atoms with Gasteiger partial charge in [0.15, 0.2) is 5.13 Å². The number of thiazole rings is 1. The Morgan fingerprint density at radius 2 is 1.90 bits per heavy atom. The molecule has 110 valence electrons. The van der Waals surface area contributed by atoms with Crippen molar-refractivity contribution in [3.8, 4) is 0 Å². The van der Waals surface area contributed by atoms with E-state index in [0.717, 1.165) is 25.7 Å². The molecular formula is C14H21N3O2S. The zero-order valence-electron chi connectivity index (χ0n) is 12.2. The molecule has 0 aliphatic heterocycles. The molecule has 0 radical (unpaired) electrons. The fourth-order valence-electron chi connectivity index (χ4n) is 2.42. The lowest BCUT2D eigenvalue weighted by Gasteiger charge is -2.19. The molecule has 0 saturated heterocycles. The Kier molecular flexibility index (Phi) is 4.75. The quantitative estimate of drug-likeness (QED) is 0.932. The van der Waals surface area contributed by atoms with E-state index in [1.54, 1.807) is 21.0 Å². The van der Waals surface area contributed by atoms with Gasteiger partial charge in [-0.05, 0) is 19.8 Å². The maximum Gasteiger partial charge on any atom is 0.265 e. The van der Waals surface area contributed by atoms with E-state index in [1.165, 1.54) is 22.7 Å². The van der Waals surface area contributed by atoms with E-state index in [0.29, 0.717) is 15.7 Å². The zero-order valence-corrected chi connectivity index (χ0v) is 13.0. The van der Waals surface area contributed by atoms with Crippen LogP contribution in [-0.4, -0.2) is 35.8 Å². The molecule has 1 heterocycles. The Balaban J connectivity index is 2.04. The zero-order chi connectivity index (χ0) is 14.7. The summed E-state index contributed by atoms with van der Waals surface area (Å²) in [6, 6.07) is 0. The van der Waals surface area contributed by atoms with E-state index in [1.807, 2.05) is 0 Å².